The molecule has 1 aromatic heterocycles. The maximum absolute atomic E-state index is 12.1. The van der Waals surface area contributed by atoms with Gasteiger partial charge in [0.1, 0.15) is 0 Å². The molecule has 3 rings (SSSR count). The number of aromatic amines is 1. The van der Waals surface area contributed by atoms with Crippen molar-refractivity contribution >= 4 is 11.6 Å². The molecule has 0 spiro atoms. The lowest BCUT2D eigenvalue weighted by molar-refractivity contribution is -0.120. The lowest BCUT2D eigenvalue weighted by Gasteiger charge is -2.22. The van der Waals surface area contributed by atoms with Crippen LogP contribution in [0.5, 0.6) is 0 Å². The fourth-order valence-corrected chi connectivity index (χ4v) is 3.38. The summed E-state index contributed by atoms with van der Waals surface area (Å²) >= 11 is 0. The minimum Gasteiger partial charge on any atom is -0.383 e. The fourth-order valence-electron chi connectivity index (χ4n) is 3.38. The number of H-pyrrole nitrogens is 1. The molecule has 0 radical (unpaired) electrons. The molecule has 0 saturated carbocycles. The molecule has 23 heavy (non-hydrogen) atoms. The van der Waals surface area contributed by atoms with E-state index in [0.29, 0.717) is 18.2 Å². The van der Waals surface area contributed by atoms with Crippen LogP contribution in [0.3, 0.4) is 0 Å². The van der Waals surface area contributed by atoms with Gasteiger partial charge < -0.3 is 16.0 Å². The first-order chi connectivity index (χ1) is 11.2. The number of hydrogen-bond donors (Lipinski definition) is 4. The van der Waals surface area contributed by atoms with Gasteiger partial charge in [0.15, 0.2) is 0 Å². The Morgan fingerprint density at radius 3 is 2.91 bits per heavy atom. The lowest BCUT2D eigenvalue weighted by atomic mass is 9.95. The average molecular weight is 319 g/mol. The van der Waals surface area contributed by atoms with Crippen LogP contribution in [0.4, 0.5) is 5.69 Å². The zero-order valence-electron chi connectivity index (χ0n) is 13.4. The normalized spacial score (nSPS) is 18.1. The van der Waals surface area contributed by atoms with Crippen molar-refractivity contribution in [2.45, 2.75) is 38.5 Å². The number of anilines is 1. The molecule has 0 aromatic carbocycles. The van der Waals surface area contributed by atoms with Crippen molar-refractivity contribution in [2.24, 2.45) is 5.92 Å². The molecule has 2 aliphatic heterocycles. The van der Waals surface area contributed by atoms with Crippen molar-refractivity contribution in [1.29, 1.82) is 0 Å². The van der Waals surface area contributed by atoms with Crippen molar-refractivity contribution in [3.05, 3.63) is 21.6 Å². The van der Waals surface area contributed by atoms with Gasteiger partial charge in [-0.15, -0.1) is 0 Å². The third-order valence-electron chi connectivity index (χ3n) is 4.72. The zero-order chi connectivity index (χ0) is 16.1. The molecule has 2 aliphatic rings. The average Bonchev–Trinajstić information content (AvgIpc) is 2.59. The van der Waals surface area contributed by atoms with Gasteiger partial charge in [-0.2, -0.15) is 5.10 Å². The van der Waals surface area contributed by atoms with Crippen molar-refractivity contribution in [3.63, 3.8) is 0 Å². The maximum Gasteiger partial charge on any atom is 0.269 e. The van der Waals surface area contributed by atoms with E-state index in [0.717, 1.165) is 50.1 Å². The van der Waals surface area contributed by atoms with Gasteiger partial charge in [-0.1, -0.05) is 0 Å². The van der Waals surface area contributed by atoms with E-state index in [9.17, 15) is 9.59 Å². The van der Waals surface area contributed by atoms with E-state index in [1.54, 1.807) is 0 Å². The molecular weight excluding hydrogens is 294 g/mol. The monoisotopic (exact) mass is 319 g/mol. The highest BCUT2D eigenvalue weighted by Crippen LogP contribution is 2.21. The Morgan fingerprint density at radius 2 is 2.09 bits per heavy atom. The first-order valence-corrected chi connectivity index (χ1v) is 8.56. The van der Waals surface area contributed by atoms with Crippen molar-refractivity contribution < 1.29 is 4.79 Å². The van der Waals surface area contributed by atoms with Crippen LogP contribution in [-0.4, -0.2) is 42.3 Å². The van der Waals surface area contributed by atoms with Crippen LogP contribution in [0.2, 0.25) is 0 Å². The quantitative estimate of drug-likeness (QED) is 0.620. The van der Waals surface area contributed by atoms with Gasteiger partial charge in [0, 0.05) is 18.7 Å². The van der Waals surface area contributed by atoms with Crippen LogP contribution in [0.25, 0.3) is 0 Å². The van der Waals surface area contributed by atoms with Gasteiger partial charge in [-0.05, 0) is 51.1 Å². The van der Waals surface area contributed by atoms with Crippen molar-refractivity contribution in [1.82, 2.24) is 20.8 Å². The second-order valence-electron chi connectivity index (χ2n) is 6.39. The van der Waals surface area contributed by atoms with E-state index in [1.165, 1.54) is 12.8 Å². The molecule has 0 unspecified atom stereocenters. The molecule has 1 aromatic rings. The standard InChI is InChI=1S/C16H25N5O2/c22-14(18-9-5-11-3-7-17-8-4-11)10-13-15-12(2-1-6-19-15)16(23)21-20-13/h11,17,19H,1-10H2,(H,18,22)(H,21,23). The number of amides is 1. The summed E-state index contributed by atoms with van der Waals surface area (Å²) in [6.45, 7) is 3.69. The molecule has 0 bridgehead atoms. The summed E-state index contributed by atoms with van der Waals surface area (Å²) in [6.07, 6.45) is 5.29. The first kappa shape index (κ1) is 16.0. The highest BCUT2D eigenvalue weighted by Gasteiger charge is 2.19. The molecule has 4 N–H and O–H groups in total. The molecule has 1 fully saturated rings. The summed E-state index contributed by atoms with van der Waals surface area (Å²) in [7, 11) is 0. The van der Waals surface area contributed by atoms with E-state index in [4.69, 9.17) is 0 Å². The lowest BCUT2D eigenvalue weighted by Crippen LogP contribution is -2.33. The van der Waals surface area contributed by atoms with Crippen molar-refractivity contribution in [2.75, 3.05) is 31.5 Å². The van der Waals surface area contributed by atoms with Gasteiger partial charge >= 0.3 is 0 Å². The summed E-state index contributed by atoms with van der Waals surface area (Å²) in [6, 6.07) is 0. The SMILES string of the molecule is O=C(Cc1n[nH]c(=O)c2c1NCCC2)NCCC1CCNCC1. The topological polar surface area (TPSA) is 98.9 Å². The predicted octanol–water partition coefficient (Wildman–Crippen LogP) is 0.176. The summed E-state index contributed by atoms with van der Waals surface area (Å²) in [4.78, 5) is 23.9. The molecule has 1 saturated heterocycles. The summed E-state index contributed by atoms with van der Waals surface area (Å²) in [5, 5.41) is 16.1. The molecule has 1 amide bonds. The van der Waals surface area contributed by atoms with Crippen LogP contribution in [0, 0.1) is 5.92 Å². The molecule has 7 heteroatoms. The number of carbonyl (C=O) groups is 1. The molecule has 3 heterocycles. The fraction of sp³-hybridized carbons (Fsp3) is 0.688. The highest BCUT2D eigenvalue weighted by molar-refractivity contribution is 5.80. The number of nitrogens with zero attached hydrogens (tertiary/aromatic N) is 1. The van der Waals surface area contributed by atoms with E-state index in [1.807, 2.05) is 0 Å². The van der Waals surface area contributed by atoms with Crippen LogP contribution >= 0.6 is 0 Å². The van der Waals surface area contributed by atoms with Crippen molar-refractivity contribution in [3.8, 4) is 0 Å². The maximum atomic E-state index is 12.1. The van der Waals surface area contributed by atoms with Gasteiger partial charge in [0.05, 0.1) is 17.8 Å². The number of rotatable bonds is 5. The van der Waals surface area contributed by atoms with E-state index in [-0.39, 0.29) is 17.9 Å². The number of carbonyl (C=O) groups excluding carboxylic acids is 1. The Balaban J connectivity index is 1.52. The number of fused-ring (bicyclic) bond motifs is 1. The second-order valence-corrected chi connectivity index (χ2v) is 6.39. The third kappa shape index (κ3) is 4.10. The Morgan fingerprint density at radius 1 is 1.26 bits per heavy atom. The number of aromatic nitrogens is 2. The third-order valence-corrected chi connectivity index (χ3v) is 4.72. The molecule has 0 aliphatic carbocycles. The van der Waals surface area contributed by atoms with Gasteiger partial charge in [-0.3, -0.25) is 9.59 Å². The first-order valence-electron chi connectivity index (χ1n) is 8.56. The largest absolute Gasteiger partial charge is 0.383 e. The zero-order valence-corrected chi connectivity index (χ0v) is 13.4. The minimum atomic E-state index is -0.151. The predicted molar refractivity (Wildman–Crippen MR) is 88.6 cm³/mol. The van der Waals surface area contributed by atoms with Gasteiger partial charge in [0.25, 0.3) is 5.56 Å². The number of hydrogen-bond acceptors (Lipinski definition) is 5. The van der Waals surface area contributed by atoms with Crippen LogP contribution in [-0.2, 0) is 17.6 Å². The minimum absolute atomic E-state index is 0.0342. The Hall–Kier alpha value is -1.89. The molecule has 0 atom stereocenters. The Kier molecular flexibility index (Phi) is 5.27. The van der Waals surface area contributed by atoms with Gasteiger partial charge in [-0.25, -0.2) is 5.10 Å². The summed E-state index contributed by atoms with van der Waals surface area (Å²) in [5.74, 6) is 0.672. The van der Waals surface area contributed by atoms with Crippen LogP contribution < -0.4 is 21.5 Å². The molecule has 126 valence electrons. The smallest absolute Gasteiger partial charge is 0.269 e. The van der Waals surface area contributed by atoms with E-state index >= 15 is 0 Å². The second kappa shape index (κ2) is 7.59. The summed E-state index contributed by atoms with van der Waals surface area (Å²) < 4.78 is 0. The number of nitrogens with one attached hydrogen (secondary N) is 4. The van der Waals surface area contributed by atoms with Crippen LogP contribution in [0.15, 0.2) is 4.79 Å². The van der Waals surface area contributed by atoms with Gasteiger partial charge in [0.2, 0.25) is 5.91 Å². The Labute approximate surface area is 135 Å². The highest BCUT2D eigenvalue weighted by atomic mass is 16.1. The number of piperidine rings is 1. The molecule has 7 nitrogen and oxygen atoms in total. The van der Waals surface area contributed by atoms with Crippen LogP contribution in [0.1, 0.15) is 36.9 Å². The Bertz CT molecular complexity index is 607. The summed E-state index contributed by atoms with van der Waals surface area (Å²) in [5.41, 5.74) is 1.97. The molecular formula is C16H25N5O2. The van der Waals surface area contributed by atoms with E-state index in [2.05, 4.69) is 26.1 Å². The van der Waals surface area contributed by atoms with E-state index < -0.39 is 0 Å².